The monoisotopic (exact) mass is 407 g/mol. The predicted octanol–water partition coefficient (Wildman–Crippen LogP) is 5.03. The molecule has 2 aromatic rings. The lowest BCUT2D eigenvalue weighted by molar-refractivity contribution is -0.152. The molecule has 1 aromatic heterocycles. The van der Waals surface area contributed by atoms with Crippen LogP contribution < -0.4 is 10.1 Å². The van der Waals surface area contributed by atoms with Gasteiger partial charge in [-0.25, -0.2) is 9.97 Å². The summed E-state index contributed by atoms with van der Waals surface area (Å²) < 4.78 is 16.8. The zero-order valence-corrected chi connectivity index (χ0v) is 17.8. The maximum absolute atomic E-state index is 6.41. The first-order valence-corrected chi connectivity index (χ1v) is 10.2. The lowest BCUT2D eigenvalue weighted by atomic mass is 10.0. The second-order valence-electron chi connectivity index (χ2n) is 6.16. The first-order chi connectivity index (χ1) is 13.6. The molecule has 1 aromatic carbocycles. The average Bonchev–Trinajstić information content (AvgIpc) is 2.72. The van der Waals surface area contributed by atoms with Gasteiger partial charge in [0.15, 0.2) is 6.29 Å². The summed E-state index contributed by atoms with van der Waals surface area (Å²) >= 11 is 6.41. The normalized spacial score (nSPS) is 12.2. The number of ether oxygens (including phenoxy) is 3. The molecular weight excluding hydrogens is 378 g/mol. The van der Waals surface area contributed by atoms with Gasteiger partial charge in [0.25, 0.3) is 0 Å². The van der Waals surface area contributed by atoms with Gasteiger partial charge in [-0.2, -0.15) is 0 Å². The topological polar surface area (TPSA) is 65.5 Å². The molecule has 0 spiro atoms. The van der Waals surface area contributed by atoms with Gasteiger partial charge in [0, 0.05) is 13.2 Å². The van der Waals surface area contributed by atoms with E-state index in [2.05, 4.69) is 22.2 Å². The number of hydrogen-bond acceptors (Lipinski definition) is 6. The number of benzene rings is 1. The minimum absolute atomic E-state index is 0.0887. The van der Waals surface area contributed by atoms with E-state index >= 15 is 0 Å². The van der Waals surface area contributed by atoms with Crippen molar-refractivity contribution in [1.29, 1.82) is 0 Å². The van der Waals surface area contributed by atoms with Crippen LogP contribution in [0.15, 0.2) is 30.6 Å². The Kier molecular flexibility index (Phi) is 9.47. The van der Waals surface area contributed by atoms with Crippen molar-refractivity contribution in [3.05, 3.63) is 46.9 Å². The van der Waals surface area contributed by atoms with Gasteiger partial charge in [0.1, 0.15) is 29.5 Å². The van der Waals surface area contributed by atoms with E-state index in [1.165, 1.54) is 0 Å². The van der Waals surface area contributed by atoms with Crippen molar-refractivity contribution in [2.45, 2.75) is 52.9 Å². The fraction of sp³-hybridized carbons (Fsp3) is 0.524. The molecule has 0 saturated carbocycles. The lowest BCUT2D eigenvalue weighted by Crippen LogP contribution is -2.25. The van der Waals surface area contributed by atoms with Gasteiger partial charge in [0.05, 0.1) is 11.7 Å². The summed E-state index contributed by atoms with van der Waals surface area (Å²) in [5.41, 5.74) is 1.98. The molecule has 154 valence electrons. The molecule has 1 atom stereocenters. The maximum Gasteiger partial charge on any atom is 0.191 e. The number of aryl methyl sites for hydroxylation is 1. The van der Waals surface area contributed by atoms with E-state index < -0.39 is 0 Å². The van der Waals surface area contributed by atoms with Crippen molar-refractivity contribution in [2.75, 3.05) is 25.1 Å². The quantitative estimate of drug-likeness (QED) is 0.497. The van der Waals surface area contributed by atoms with E-state index in [9.17, 15) is 0 Å². The second kappa shape index (κ2) is 11.8. The van der Waals surface area contributed by atoms with Crippen LogP contribution in [0.25, 0.3) is 0 Å². The van der Waals surface area contributed by atoms with Crippen LogP contribution in [0.3, 0.4) is 0 Å². The van der Waals surface area contributed by atoms with Crippen molar-refractivity contribution in [1.82, 2.24) is 9.97 Å². The summed E-state index contributed by atoms with van der Waals surface area (Å²) in [5, 5.41) is 4.01. The van der Waals surface area contributed by atoms with Crippen LogP contribution in [0.2, 0.25) is 5.02 Å². The molecule has 1 N–H and O–H groups in total. The van der Waals surface area contributed by atoms with Gasteiger partial charge in [0.2, 0.25) is 0 Å². The largest absolute Gasteiger partial charge is 0.488 e. The molecule has 0 saturated heterocycles. The van der Waals surface area contributed by atoms with Crippen LogP contribution in [-0.2, 0) is 15.9 Å². The van der Waals surface area contributed by atoms with Gasteiger partial charge in [-0.1, -0.05) is 37.6 Å². The Bertz CT molecular complexity index is 707. The number of nitrogens with one attached hydrogen (secondary N) is 1. The summed E-state index contributed by atoms with van der Waals surface area (Å²) in [7, 11) is 0. The summed E-state index contributed by atoms with van der Waals surface area (Å²) in [6.07, 6.45) is 2.85. The standard InChI is InChI=1S/C21H30ClN3O3/c1-5-17(25-21-20(22)18(6-2)23-14-24-21)15-9-11-16(12-10-15)28-13-19(26-7-3)27-8-4/h9-12,14,17,19H,5-8,13H2,1-4H3,(H,23,24,25). The summed E-state index contributed by atoms with van der Waals surface area (Å²) in [5.74, 6) is 1.44. The second-order valence-corrected chi connectivity index (χ2v) is 6.54. The first-order valence-electron chi connectivity index (χ1n) is 9.84. The smallest absolute Gasteiger partial charge is 0.191 e. The van der Waals surface area contributed by atoms with Crippen molar-refractivity contribution >= 4 is 17.4 Å². The molecule has 2 rings (SSSR count). The number of aromatic nitrogens is 2. The van der Waals surface area contributed by atoms with Crippen LogP contribution in [0.5, 0.6) is 5.75 Å². The van der Waals surface area contributed by atoms with Crippen molar-refractivity contribution in [2.24, 2.45) is 0 Å². The molecule has 0 radical (unpaired) electrons. The Morgan fingerprint density at radius 2 is 1.68 bits per heavy atom. The third kappa shape index (κ3) is 6.33. The van der Waals surface area contributed by atoms with Crippen LogP contribution in [0, 0.1) is 0 Å². The van der Waals surface area contributed by atoms with Crippen molar-refractivity contribution in [3.8, 4) is 5.75 Å². The van der Waals surface area contributed by atoms with Gasteiger partial charge in [-0.3, -0.25) is 0 Å². The Balaban J connectivity index is 2.02. The highest BCUT2D eigenvalue weighted by molar-refractivity contribution is 6.33. The first kappa shape index (κ1) is 22.4. The number of halogens is 1. The fourth-order valence-corrected chi connectivity index (χ4v) is 3.10. The molecule has 1 heterocycles. The van der Waals surface area contributed by atoms with Gasteiger partial charge in [-0.15, -0.1) is 0 Å². The summed E-state index contributed by atoms with van der Waals surface area (Å²) in [6.45, 7) is 9.54. The van der Waals surface area contributed by atoms with Crippen molar-refractivity contribution < 1.29 is 14.2 Å². The summed E-state index contributed by atoms with van der Waals surface area (Å²) in [6, 6.07) is 8.08. The lowest BCUT2D eigenvalue weighted by Gasteiger charge is -2.20. The van der Waals surface area contributed by atoms with Crippen LogP contribution in [0.1, 0.15) is 51.4 Å². The molecule has 0 bridgehead atoms. The zero-order chi connectivity index (χ0) is 20.4. The number of anilines is 1. The van der Waals surface area contributed by atoms with E-state index in [4.69, 9.17) is 25.8 Å². The van der Waals surface area contributed by atoms with E-state index in [1.807, 2.05) is 45.0 Å². The maximum atomic E-state index is 6.41. The SMILES string of the molecule is CCOC(COc1ccc(C(CC)Nc2ncnc(CC)c2Cl)cc1)OCC. The highest BCUT2D eigenvalue weighted by atomic mass is 35.5. The highest BCUT2D eigenvalue weighted by Crippen LogP contribution is 2.28. The van der Waals surface area contributed by atoms with Crippen molar-refractivity contribution in [3.63, 3.8) is 0 Å². The minimum atomic E-state index is -0.354. The Morgan fingerprint density at radius 3 is 2.25 bits per heavy atom. The minimum Gasteiger partial charge on any atom is -0.488 e. The van der Waals surface area contributed by atoms with Gasteiger partial charge in [-0.05, 0) is 44.4 Å². The Labute approximate surface area is 172 Å². The van der Waals surface area contributed by atoms with Crippen LogP contribution in [0.4, 0.5) is 5.82 Å². The third-order valence-electron chi connectivity index (χ3n) is 4.29. The highest BCUT2D eigenvalue weighted by Gasteiger charge is 2.15. The molecule has 0 fully saturated rings. The Morgan fingerprint density at radius 1 is 1.00 bits per heavy atom. The van der Waals surface area contributed by atoms with Crippen LogP contribution in [-0.4, -0.2) is 36.1 Å². The zero-order valence-electron chi connectivity index (χ0n) is 17.1. The molecule has 1 unspecified atom stereocenters. The predicted molar refractivity (Wildman–Crippen MR) is 112 cm³/mol. The molecule has 0 aliphatic carbocycles. The number of rotatable bonds is 12. The van der Waals surface area contributed by atoms with E-state index in [0.29, 0.717) is 30.7 Å². The third-order valence-corrected chi connectivity index (χ3v) is 4.69. The molecule has 0 amide bonds. The van der Waals surface area contributed by atoms with E-state index in [0.717, 1.165) is 29.8 Å². The molecule has 28 heavy (non-hydrogen) atoms. The van der Waals surface area contributed by atoms with E-state index in [1.54, 1.807) is 6.33 Å². The average molecular weight is 408 g/mol. The number of hydrogen-bond donors (Lipinski definition) is 1. The van der Waals surface area contributed by atoms with E-state index in [-0.39, 0.29) is 12.3 Å². The summed E-state index contributed by atoms with van der Waals surface area (Å²) in [4.78, 5) is 8.51. The molecule has 6 nitrogen and oxygen atoms in total. The Hall–Kier alpha value is -1.89. The molecule has 7 heteroatoms. The molecular formula is C21H30ClN3O3. The molecule has 0 aliphatic rings. The molecule has 0 aliphatic heterocycles. The van der Waals surface area contributed by atoms with Crippen LogP contribution >= 0.6 is 11.6 Å². The van der Waals surface area contributed by atoms with Gasteiger partial charge < -0.3 is 19.5 Å². The van der Waals surface area contributed by atoms with Gasteiger partial charge >= 0.3 is 0 Å². The fourth-order valence-electron chi connectivity index (χ4n) is 2.82. The number of nitrogens with zero attached hydrogens (tertiary/aromatic N) is 2.